The third-order valence-electron chi connectivity index (χ3n) is 7.18. The van der Waals surface area contributed by atoms with E-state index in [-0.39, 0.29) is 24.0 Å². The van der Waals surface area contributed by atoms with E-state index in [0.717, 1.165) is 22.7 Å². The van der Waals surface area contributed by atoms with Crippen molar-refractivity contribution >= 4 is 34.7 Å². The third kappa shape index (κ3) is 4.17. The summed E-state index contributed by atoms with van der Waals surface area (Å²) in [5.41, 5.74) is 3.93. The van der Waals surface area contributed by atoms with E-state index in [1.807, 2.05) is 60.7 Å². The number of halogens is 1. The summed E-state index contributed by atoms with van der Waals surface area (Å²) in [6.45, 7) is 0. The minimum absolute atomic E-state index is 0.0437. The first-order valence-electron chi connectivity index (χ1n) is 12.4. The fraction of sp³-hybridized carbons (Fsp3) is 0.161. The second-order valence-electron chi connectivity index (χ2n) is 9.40. The molecule has 2 aliphatic rings. The number of carbonyl (C=O) groups excluding carboxylic acids is 2. The van der Waals surface area contributed by atoms with Gasteiger partial charge in [0.2, 0.25) is 0 Å². The molecule has 0 spiro atoms. The van der Waals surface area contributed by atoms with Crippen LogP contribution in [0.1, 0.15) is 46.5 Å². The van der Waals surface area contributed by atoms with E-state index in [1.165, 1.54) is 0 Å². The maximum Gasteiger partial charge on any atom is 0.259 e. The first-order valence-corrected chi connectivity index (χ1v) is 12.8. The highest BCUT2D eigenvalue weighted by Crippen LogP contribution is 2.49. The summed E-state index contributed by atoms with van der Waals surface area (Å²) in [4.78, 5) is 30.0. The summed E-state index contributed by atoms with van der Waals surface area (Å²) in [5, 5.41) is 4.07. The molecule has 3 aromatic carbocycles. The van der Waals surface area contributed by atoms with E-state index >= 15 is 0 Å². The number of Topliss-reactive ketones (excluding diaryl/α,β-unsaturated/α-hetero) is 1. The number of carbonyl (C=O) groups is 2. The van der Waals surface area contributed by atoms with Gasteiger partial charge in [-0.1, -0.05) is 41.9 Å². The van der Waals surface area contributed by atoms with Gasteiger partial charge < -0.3 is 14.5 Å². The van der Waals surface area contributed by atoms with Crippen molar-refractivity contribution in [2.75, 3.05) is 17.3 Å². The average molecular weight is 525 g/mol. The Labute approximate surface area is 225 Å². The molecule has 0 unspecified atom stereocenters. The molecule has 2 heterocycles. The summed E-state index contributed by atoms with van der Waals surface area (Å²) in [6, 6.07) is 25.0. The lowest BCUT2D eigenvalue weighted by atomic mass is 9.79. The molecule has 190 valence electrons. The fourth-order valence-electron chi connectivity index (χ4n) is 5.46. The zero-order valence-corrected chi connectivity index (χ0v) is 21.4. The number of methoxy groups -OCH3 is 1. The van der Waals surface area contributed by atoms with Gasteiger partial charge in [-0.15, -0.1) is 0 Å². The molecule has 7 heteroatoms. The highest BCUT2D eigenvalue weighted by atomic mass is 35.5. The summed E-state index contributed by atoms with van der Waals surface area (Å²) in [5.74, 6) is 0.970. The molecule has 0 fully saturated rings. The highest BCUT2D eigenvalue weighted by Gasteiger charge is 2.43. The second-order valence-corrected chi connectivity index (χ2v) is 9.84. The highest BCUT2D eigenvalue weighted by molar-refractivity contribution is 6.30. The summed E-state index contributed by atoms with van der Waals surface area (Å²) in [6.07, 6.45) is 2.47. The zero-order chi connectivity index (χ0) is 26.2. The van der Waals surface area contributed by atoms with Crippen LogP contribution in [0.15, 0.2) is 107 Å². The normalized spacial score (nSPS) is 18.8. The Morgan fingerprint density at radius 2 is 1.74 bits per heavy atom. The van der Waals surface area contributed by atoms with Crippen molar-refractivity contribution < 1.29 is 18.7 Å². The van der Waals surface area contributed by atoms with Gasteiger partial charge in [0.1, 0.15) is 11.5 Å². The molecule has 38 heavy (non-hydrogen) atoms. The summed E-state index contributed by atoms with van der Waals surface area (Å²) in [7, 11) is 1.60. The lowest BCUT2D eigenvalue weighted by Gasteiger charge is -2.35. The first-order chi connectivity index (χ1) is 18.5. The SMILES string of the molecule is COc1ccccc1[C@@H]1C2=C(C[C@H](c3ccco3)CC2=O)Nc2ccccc2N1C(=O)c1ccc(Cl)cc1. The van der Waals surface area contributed by atoms with Crippen LogP contribution in [0.3, 0.4) is 0 Å². The number of amides is 1. The minimum Gasteiger partial charge on any atom is -0.496 e. The van der Waals surface area contributed by atoms with Gasteiger partial charge in [-0.05, 0) is 61.0 Å². The van der Waals surface area contributed by atoms with Crippen molar-refractivity contribution in [1.82, 2.24) is 0 Å². The number of anilines is 2. The Kier molecular flexibility index (Phi) is 6.26. The van der Waals surface area contributed by atoms with Crippen molar-refractivity contribution in [3.8, 4) is 5.75 Å². The van der Waals surface area contributed by atoms with E-state index in [2.05, 4.69) is 5.32 Å². The lowest BCUT2D eigenvalue weighted by molar-refractivity contribution is -0.116. The van der Waals surface area contributed by atoms with Crippen LogP contribution in [0.4, 0.5) is 11.4 Å². The van der Waals surface area contributed by atoms with Crippen LogP contribution < -0.4 is 15.0 Å². The summed E-state index contributed by atoms with van der Waals surface area (Å²) >= 11 is 6.13. The molecule has 1 amide bonds. The molecule has 0 saturated carbocycles. The van der Waals surface area contributed by atoms with Gasteiger partial charge in [0.15, 0.2) is 5.78 Å². The molecule has 2 atom stereocenters. The number of para-hydroxylation sites is 3. The Balaban J connectivity index is 1.60. The number of furan rings is 1. The lowest BCUT2D eigenvalue weighted by Crippen LogP contribution is -2.38. The Morgan fingerprint density at radius 3 is 2.50 bits per heavy atom. The number of fused-ring (bicyclic) bond motifs is 1. The number of nitrogens with zero attached hydrogens (tertiary/aromatic N) is 1. The van der Waals surface area contributed by atoms with Gasteiger partial charge >= 0.3 is 0 Å². The van der Waals surface area contributed by atoms with Crippen LogP contribution in [0.2, 0.25) is 5.02 Å². The fourth-order valence-corrected chi connectivity index (χ4v) is 5.58. The second kappa shape index (κ2) is 9.88. The molecule has 6 rings (SSSR count). The number of benzene rings is 3. The molecule has 1 aliphatic carbocycles. The predicted molar refractivity (Wildman–Crippen MR) is 147 cm³/mol. The van der Waals surface area contributed by atoms with Gasteiger partial charge in [-0.2, -0.15) is 0 Å². The van der Waals surface area contributed by atoms with Gasteiger partial charge in [0.05, 0.1) is 30.8 Å². The summed E-state index contributed by atoms with van der Waals surface area (Å²) < 4.78 is 11.4. The molecule has 0 radical (unpaired) electrons. The molecule has 0 saturated heterocycles. The number of nitrogens with one attached hydrogen (secondary N) is 1. The maximum atomic E-state index is 14.3. The molecular weight excluding hydrogens is 500 g/mol. The standard InChI is InChI=1S/C31H25ClN2O4/c1-37-28-10-5-2-7-22(28)30-29-24(17-20(18-26(29)35)27-11-6-16-38-27)33-23-8-3-4-9-25(23)34(30)31(36)19-12-14-21(32)15-13-19/h2-16,20,30,33H,17-18H2,1H3/t20-,30+/m0/s1. The van der Waals surface area contributed by atoms with Crippen molar-refractivity contribution in [1.29, 1.82) is 0 Å². The van der Waals surface area contributed by atoms with Crippen LogP contribution in [0.25, 0.3) is 0 Å². The third-order valence-corrected chi connectivity index (χ3v) is 7.43. The Hall–Kier alpha value is -4.29. The predicted octanol–water partition coefficient (Wildman–Crippen LogP) is 7.16. The molecular formula is C31H25ClN2O4. The Morgan fingerprint density at radius 1 is 0.974 bits per heavy atom. The van der Waals surface area contributed by atoms with Crippen molar-refractivity contribution in [3.63, 3.8) is 0 Å². The van der Waals surface area contributed by atoms with E-state index in [1.54, 1.807) is 42.5 Å². The first kappa shape index (κ1) is 24.1. The maximum absolute atomic E-state index is 14.3. The zero-order valence-electron chi connectivity index (χ0n) is 20.7. The Bertz CT molecular complexity index is 1540. The number of hydrogen-bond acceptors (Lipinski definition) is 5. The van der Waals surface area contributed by atoms with Crippen LogP contribution >= 0.6 is 11.6 Å². The van der Waals surface area contributed by atoms with Crippen LogP contribution in [-0.4, -0.2) is 18.8 Å². The number of rotatable bonds is 4. The van der Waals surface area contributed by atoms with Crippen molar-refractivity contribution in [2.45, 2.75) is 24.8 Å². The monoisotopic (exact) mass is 524 g/mol. The van der Waals surface area contributed by atoms with E-state index in [9.17, 15) is 9.59 Å². The van der Waals surface area contributed by atoms with Gasteiger partial charge in [-0.25, -0.2) is 0 Å². The molecule has 0 bridgehead atoms. The average Bonchev–Trinajstić information content (AvgIpc) is 3.43. The van der Waals surface area contributed by atoms with Crippen molar-refractivity contribution in [3.05, 3.63) is 124 Å². The van der Waals surface area contributed by atoms with Gasteiger partial charge in [-0.3, -0.25) is 14.5 Å². The quantitative estimate of drug-likeness (QED) is 0.307. The van der Waals surface area contributed by atoms with E-state index in [4.69, 9.17) is 20.8 Å². The minimum atomic E-state index is -0.717. The number of allylic oxidation sites excluding steroid dienone is 1. The topological polar surface area (TPSA) is 71.8 Å². The number of ether oxygens (including phenoxy) is 1. The smallest absolute Gasteiger partial charge is 0.259 e. The van der Waals surface area contributed by atoms with Gasteiger partial charge in [0, 0.05) is 39.8 Å². The van der Waals surface area contributed by atoms with Crippen LogP contribution in [-0.2, 0) is 4.79 Å². The molecule has 1 N–H and O–H groups in total. The van der Waals surface area contributed by atoms with Crippen LogP contribution in [0, 0.1) is 0 Å². The van der Waals surface area contributed by atoms with Crippen molar-refractivity contribution in [2.24, 2.45) is 0 Å². The van der Waals surface area contributed by atoms with E-state index in [0.29, 0.717) is 34.0 Å². The molecule has 1 aromatic heterocycles. The molecule has 1 aliphatic heterocycles. The largest absolute Gasteiger partial charge is 0.496 e. The van der Waals surface area contributed by atoms with Gasteiger partial charge in [0.25, 0.3) is 5.91 Å². The number of ketones is 1. The molecule has 6 nitrogen and oxygen atoms in total. The molecule has 4 aromatic rings. The van der Waals surface area contributed by atoms with E-state index < -0.39 is 6.04 Å². The number of hydrogen-bond donors (Lipinski definition) is 1. The van der Waals surface area contributed by atoms with Crippen LogP contribution in [0.5, 0.6) is 5.75 Å².